The first-order valence-electron chi connectivity index (χ1n) is 5.91. The second-order valence-electron chi connectivity index (χ2n) is 3.83. The molecule has 0 rings (SSSR count). The molecule has 0 heterocycles. The second-order valence-corrected chi connectivity index (χ2v) is 3.83. The van der Waals surface area contributed by atoms with Gasteiger partial charge in [-0.1, -0.05) is 78.1 Å². The van der Waals surface area contributed by atoms with Gasteiger partial charge in [-0.2, -0.15) is 0 Å². The van der Waals surface area contributed by atoms with Crippen molar-refractivity contribution in [3.63, 3.8) is 0 Å². The van der Waals surface area contributed by atoms with Crippen LogP contribution in [0.2, 0.25) is 0 Å². The van der Waals surface area contributed by atoms with Crippen LogP contribution >= 0.6 is 0 Å². The predicted molar refractivity (Wildman–Crippen MR) is 65.5 cm³/mol. The van der Waals surface area contributed by atoms with Crippen molar-refractivity contribution < 1.29 is 2.85 Å². The van der Waals surface area contributed by atoms with Crippen molar-refractivity contribution in [2.24, 2.45) is 0 Å². The van der Waals surface area contributed by atoms with E-state index in [0.717, 1.165) is 0 Å². The normalized spacial score (nSPS) is 9.69. The van der Waals surface area contributed by atoms with Crippen LogP contribution in [-0.2, 0) is 0 Å². The van der Waals surface area contributed by atoms with E-state index >= 15 is 0 Å². The van der Waals surface area contributed by atoms with Crippen LogP contribution in [0.25, 0.3) is 0 Å². The summed E-state index contributed by atoms with van der Waals surface area (Å²) >= 11 is 0. The molecule has 0 saturated carbocycles. The molecule has 0 unspecified atom stereocenters. The molecule has 0 N–H and O–H groups in total. The molecule has 1 heteroatoms. The molecule has 0 spiro atoms. The fraction of sp³-hybridized carbons (Fsp3) is 1.00. The molecule has 13 heavy (non-hydrogen) atoms. The van der Waals surface area contributed by atoms with Gasteiger partial charge in [-0.3, -0.25) is 0 Å². The Hall–Kier alpha value is 1.26. The van der Waals surface area contributed by atoms with Gasteiger partial charge in [-0.15, -0.1) is 0 Å². The van der Waals surface area contributed by atoms with Crippen molar-refractivity contribution in [1.82, 2.24) is 0 Å². The van der Waals surface area contributed by atoms with E-state index in [1.165, 1.54) is 64.2 Å². The van der Waals surface area contributed by atoms with Crippen LogP contribution in [0.1, 0.15) is 80.9 Å². The van der Waals surface area contributed by atoms with Crippen molar-refractivity contribution in [2.45, 2.75) is 78.1 Å². The van der Waals surface area contributed by atoms with Gasteiger partial charge in [0.15, 0.2) is 0 Å². The SMILES string of the molecule is CCCCCCCCCCCC.[Ca+2].[H-].[H-]. The summed E-state index contributed by atoms with van der Waals surface area (Å²) < 4.78 is 0. The van der Waals surface area contributed by atoms with Gasteiger partial charge in [0.25, 0.3) is 0 Å². The Labute approximate surface area is 118 Å². The zero-order valence-corrected chi connectivity index (χ0v) is 12.0. The van der Waals surface area contributed by atoms with E-state index in [2.05, 4.69) is 13.8 Å². The van der Waals surface area contributed by atoms with Crippen LogP contribution in [-0.4, -0.2) is 37.7 Å². The molecule has 0 bridgehead atoms. The Balaban J connectivity index is -0.000000202. The van der Waals surface area contributed by atoms with Gasteiger partial charge < -0.3 is 2.85 Å². The van der Waals surface area contributed by atoms with Gasteiger partial charge in [0.05, 0.1) is 0 Å². The van der Waals surface area contributed by atoms with Gasteiger partial charge in [0.2, 0.25) is 0 Å². The van der Waals surface area contributed by atoms with E-state index in [-0.39, 0.29) is 40.6 Å². The van der Waals surface area contributed by atoms with E-state index in [0.29, 0.717) is 0 Å². The molecule has 78 valence electrons. The minimum Gasteiger partial charge on any atom is -1.00 e. The summed E-state index contributed by atoms with van der Waals surface area (Å²) in [4.78, 5) is 0. The zero-order chi connectivity index (χ0) is 9.07. The molecule has 0 aliphatic rings. The summed E-state index contributed by atoms with van der Waals surface area (Å²) in [6.45, 7) is 4.56. The van der Waals surface area contributed by atoms with Gasteiger partial charge in [-0.05, 0) is 0 Å². The fourth-order valence-corrected chi connectivity index (χ4v) is 1.56. The van der Waals surface area contributed by atoms with Crippen LogP contribution in [0.4, 0.5) is 0 Å². The summed E-state index contributed by atoms with van der Waals surface area (Å²) in [7, 11) is 0. The summed E-state index contributed by atoms with van der Waals surface area (Å²) in [5.41, 5.74) is 0. The smallest absolute Gasteiger partial charge is 1.00 e. The molecular weight excluding hydrogens is 184 g/mol. The van der Waals surface area contributed by atoms with Crippen molar-refractivity contribution in [1.29, 1.82) is 0 Å². The molecule has 0 aromatic rings. The maximum Gasteiger partial charge on any atom is 2.00 e. The first-order chi connectivity index (χ1) is 5.91. The Morgan fingerprint density at radius 1 is 0.538 bits per heavy atom. The largest absolute Gasteiger partial charge is 2.00 e. The van der Waals surface area contributed by atoms with Crippen LogP contribution < -0.4 is 0 Å². The predicted octanol–water partition coefficient (Wildman–Crippen LogP) is 4.77. The molecular formula is C12H28Ca. The third-order valence-corrected chi connectivity index (χ3v) is 2.46. The van der Waals surface area contributed by atoms with Gasteiger partial charge in [-0.25, -0.2) is 0 Å². The Morgan fingerprint density at radius 3 is 1.00 bits per heavy atom. The zero-order valence-electron chi connectivity index (χ0n) is 11.8. The van der Waals surface area contributed by atoms with E-state index in [1.807, 2.05) is 0 Å². The maximum absolute atomic E-state index is 2.28. The van der Waals surface area contributed by atoms with Crippen molar-refractivity contribution in [3.05, 3.63) is 0 Å². The van der Waals surface area contributed by atoms with Crippen molar-refractivity contribution in [2.75, 3.05) is 0 Å². The number of hydrogen-bond acceptors (Lipinski definition) is 0. The average molecular weight is 212 g/mol. The van der Waals surface area contributed by atoms with Gasteiger partial charge in [0.1, 0.15) is 0 Å². The Morgan fingerprint density at radius 2 is 0.769 bits per heavy atom. The molecule has 0 atom stereocenters. The monoisotopic (exact) mass is 212 g/mol. The first kappa shape index (κ1) is 16.7. The van der Waals surface area contributed by atoms with Gasteiger partial charge in [0, 0.05) is 0 Å². The quantitative estimate of drug-likeness (QED) is 0.381. The standard InChI is InChI=1S/C12H26.Ca.2H/c1-3-5-7-9-11-12-10-8-6-4-2;;;/h3-12H2,1-2H3;;;/q;+2;2*-1. The van der Waals surface area contributed by atoms with Crippen molar-refractivity contribution >= 4 is 37.7 Å². The molecule has 0 saturated heterocycles. The Kier molecular flexibility index (Phi) is 20.2. The summed E-state index contributed by atoms with van der Waals surface area (Å²) in [5, 5.41) is 0. The maximum atomic E-state index is 2.28. The molecule has 0 aliphatic heterocycles. The molecule has 0 aromatic carbocycles. The third kappa shape index (κ3) is 16.0. The van der Waals surface area contributed by atoms with Crippen LogP contribution in [0.15, 0.2) is 0 Å². The van der Waals surface area contributed by atoms with E-state index < -0.39 is 0 Å². The van der Waals surface area contributed by atoms with Crippen LogP contribution in [0.3, 0.4) is 0 Å². The molecule has 0 aliphatic carbocycles. The molecule has 0 nitrogen and oxygen atoms in total. The van der Waals surface area contributed by atoms with E-state index in [1.54, 1.807) is 0 Å². The van der Waals surface area contributed by atoms with Crippen molar-refractivity contribution in [3.8, 4) is 0 Å². The summed E-state index contributed by atoms with van der Waals surface area (Å²) in [5.74, 6) is 0. The molecule has 0 aromatic heterocycles. The number of rotatable bonds is 9. The van der Waals surface area contributed by atoms with E-state index in [4.69, 9.17) is 0 Å². The van der Waals surface area contributed by atoms with Gasteiger partial charge >= 0.3 is 37.7 Å². The summed E-state index contributed by atoms with van der Waals surface area (Å²) in [6.07, 6.45) is 14.4. The minimum absolute atomic E-state index is 0. The summed E-state index contributed by atoms with van der Waals surface area (Å²) in [6, 6.07) is 0. The molecule has 0 amide bonds. The van der Waals surface area contributed by atoms with E-state index in [9.17, 15) is 0 Å². The minimum atomic E-state index is 0. The fourth-order valence-electron chi connectivity index (χ4n) is 1.56. The Bertz CT molecular complexity index is 70.0. The molecule has 0 fully saturated rings. The second kappa shape index (κ2) is 15.7. The number of hydrogen-bond donors (Lipinski definition) is 0. The average Bonchev–Trinajstić information content (AvgIpc) is 2.10. The molecule has 0 radical (unpaired) electrons. The topological polar surface area (TPSA) is 0 Å². The van der Waals surface area contributed by atoms with Crippen LogP contribution in [0, 0.1) is 0 Å². The third-order valence-electron chi connectivity index (χ3n) is 2.46. The van der Waals surface area contributed by atoms with Crippen LogP contribution in [0.5, 0.6) is 0 Å². The first-order valence-corrected chi connectivity index (χ1v) is 5.91. The number of unbranched alkanes of at least 4 members (excludes halogenated alkanes) is 9.